The van der Waals surface area contributed by atoms with Gasteiger partial charge >= 0.3 is 5.97 Å². The first-order chi connectivity index (χ1) is 12.0. The third-order valence-corrected chi connectivity index (χ3v) is 6.05. The number of likely N-dealkylation sites (N-methyl/N-ethyl adjacent to an activating group) is 1. The van der Waals surface area contributed by atoms with E-state index in [1.165, 1.54) is 0 Å². The van der Waals surface area contributed by atoms with Crippen LogP contribution in [0, 0.1) is 0 Å². The maximum atomic E-state index is 10.5. The van der Waals surface area contributed by atoms with Crippen LogP contribution in [-0.2, 0) is 20.9 Å². The van der Waals surface area contributed by atoms with Crippen LogP contribution in [-0.4, -0.2) is 60.9 Å². The smallest absolute Gasteiger partial charge is 0.307 e. The van der Waals surface area contributed by atoms with E-state index in [2.05, 4.69) is 11.0 Å². The highest BCUT2D eigenvalue weighted by atomic mass is 16.8. The van der Waals surface area contributed by atoms with E-state index in [-0.39, 0.29) is 25.0 Å². The summed E-state index contributed by atoms with van der Waals surface area (Å²) in [6.45, 7) is 0.729. The first-order valence-corrected chi connectivity index (χ1v) is 8.45. The van der Waals surface area contributed by atoms with Crippen LogP contribution in [0.4, 0.5) is 0 Å². The molecule has 2 N–H and O–H groups in total. The lowest BCUT2D eigenvalue weighted by atomic mass is 9.65. The van der Waals surface area contributed by atoms with Crippen LogP contribution >= 0.6 is 0 Å². The molecule has 1 saturated heterocycles. The molecule has 7 nitrogen and oxygen atoms in total. The van der Waals surface area contributed by atoms with Crippen LogP contribution in [0.2, 0.25) is 0 Å². The van der Waals surface area contributed by atoms with Gasteiger partial charge in [0.1, 0.15) is 0 Å². The van der Waals surface area contributed by atoms with Crippen LogP contribution in [0.25, 0.3) is 0 Å². The Kier molecular flexibility index (Phi) is 3.09. The van der Waals surface area contributed by atoms with Crippen molar-refractivity contribution >= 4 is 0 Å². The molecule has 0 amide bonds. The number of nitrogens with zero attached hydrogens (tertiary/aromatic N) is 1. The SMILES string of the molecule is COC1C=CC23c4cc5c(cc4C(O)(O)OC2CN(C)C3C1)OCO5. The number of fused-ring (bicyclic) bond motifs is 2. The predicted octanol–water partition coefficient (Wildman–Crippen LogP) is 0.436. The van der Waals surface area contributed by atoms with E-state index in [0.717, 1.165) is 12.0 Å². The zero-order valence-corrected chi connectivity index (χ0v) is 14.1. The summed E-state index contributed by atoms with van der Waals surface area (Å²) >= 11 is 0. The molecule has 0 bridgehead atoms. The van der Waals surface area contributed by atoms with Gasteiger partial charge in [-0.05, 0) is 31.2 Å². The molecule has 0 saturated carbocycles. The summed E-state index contributed by atoms with van der Waals surface area (Å²) in [5.74, 6) is -1.23. The summed E-state index contributed by atoms with van der Waals surface area (Å²) < 4.78 is 22.2. The van der Waals surface area contributed by atoms with Crippen LogP contribution in [0.1, 0.15) is 17.5 Å². The maximum absolute atomic E-state index is 10.5. The van der Waals surface area contributed by atoms with E-state index < -0.39 is 11.4 Å². The van der Waals surface area contributed by atoms with Gasteiger partial charge in [0, 0.05) is 25.3 Å². The zero-order chi connectivity index (χ0) is 17.4. The van der Waals surface area contributed by atoms with Gasteiger partial charge in [-0.15, -0.1) is 0 Å². The number of aliphatic hydroxyl groups is 2. The van der Waals surface area contributed by atoms with Crippen molar-refractivity contribution in [3.63, 3.8) is 0 Å². The molecule has 1 spiro atoms. The monoisotopic (exact) mass is 347 g/mol. The Balaban J connectivity index is 1.76. The molecule has 134 valence electrons. The molecule has 3 aliphatic heterocycles. The van der Waals surface area contributed by atoms with Crippen molar-refractivity contribution in [2.75, 3.05) is 27.5 Å². The highest BCUT2D eigenvalue weighted by molar-refractivity contribution is 5.57. The first kappa shape index (κ1) is 15.6. The summed E-state index contributed by atoms with van der Waals surface area (Å²) in [4.78, 5) is 2.20. The second-order valence-electron chi connectivity index (χ2n) is 7.22. The molecule has 4 aliphatic rings. The molecule has 0 aromatic heterocycles. The lowest BCUT2D eigenvalue weighted by molar-refractivity contribution is -0.376. The molecule has 1 fully saturated rings. The van der Waals surface area contributed by atoms with Crippen molar-refractivity contribution in [2.24, 2.45) is 0 Å². The largest absolute Gasteiger partial charge is 0.454 e. The Morgan fingerprint density at radius 3 is 2.64 bits per heavy atom. The minimum absolute atomic E-state index is 0.0317. The average molecular weight is 347 g/mol. The van der Waals surface area contributed by atoms with Gasteiger partial charge in [0.15, 0.2) is 11.5 Å². The van der Waals surface area contributed by atoms with Crippen LogP contribution in [0.3, 0.4) is 0 Å². The van der Waals surface area contributed by atoms with Crippen molar-refractivity contribution in [3.05, 3.63) is 35.4 Å². The Hall–Kier alpha value is -1.64. The standard InChI is InChI=1S/C18H21NO6/c1-19-8-16-17(4-3-10(22-2)5-15(17)19)11-6-13-14(24-9-23-13)7-12(11)18(20,21)25-16/h3-4,6-7,10,15-16,20-21H,5,8-9H2,1-2H3. The van der Waals surface area contributed by atoms with Gasteiger partial charge in [-0.3, -0.25) is 4.90 Å². The minimum Gasteiger partial charge on any atom is -0.454 e. The summed E-state index contributed by atoms with van der Waals surface area (Å²) in [6, 6.07) is 3.62. The number of ether oxygens (including phenoxy) is 4. The molecule has 7 heteroatoms. The second kappa shape index (κ2) is 4.96. The Labute approximate surface area is 145 Å². The Morgan fingerprint density at radius 1 is 1.20 bits per heavy atom. The van der Waals surface area contributed by atoms with Crippen LogP contribution < -0.4 is 9.47 Å². The fraction of sp³-hybridized carbons (Fsp3) is 0.556. The molecule has 1 aromatic carbocycles. The molecule has 4 atom stereocenters. The topological polar surface area (TPSA) is 80.6 Å². The van der Waals surface area contributed by atoms with Crippen LogP contribution in [0.15, 0.2) is 24.3 Å². The summed E-state index contributed by atoms with van der Waals surface area (Å²) in [6.07, 6.45) is 4.62. The second-order valence-corrected chi connectivity index (χ2v) is 7.22. The fourth-order valence-electron chi connectivity index (χ4n) is 4.86. The van der Waals surface area contributed by atoms with E-state index in [1.807, 2.05) is 19.2 Å². The predicted molar refractivity (Wildman–Crippen MR) is 86.2 cm³/mol. The van der Waals surface area contributed by atoms with Crippen molar-refractivity contribution < 1.29 is 29.2 Å². The highest BCUT2D eigenvalue weighted by Crippen LogP contribution is 2.55. The molecule has 3 heterocycles. The number of hydrogen-bond acceptors (Lipinski definition) is 7. The van der Waals surface area contributed by atoms with Crippen LogP contribution in [0.5, 0.6) is 11.5 Å². The van der Waals surface area contributed by atoms with E-state index in [1.54, 1.807) is 13.2 Å². The molecular weight excluding hydrogens is 326 g/mol. The van der Waals surface area contributed by atoms with Gasteiger partial charge in [0.2, 0.25) is 6.79 Å². The van der Waals surface area contributed by atoms with Gasteiger partial charge in [-0.25, -0.2) is 0 Å². The van der Waals surface area contributed by atoms with Gasteiger partial charge in [-0.2, -0.15) is 0 Å². The number of likely N-dealkylation sites (tertiary alicyclic amines) is 1. The molecule has 1 aliphatic carbocycles. The quantitative estimate of drug-likeness (QED) is 0.563. The number of rotatable bonds is 1. The van der Waals surface area contributed by atoms with Crippen molar-refractivity contribution in [1.29, 1.82) is 0 Å². The number of benzene rings is 1. The number of hydrogen-bond donors (Lipinski definition) is 2. The van der Waals surface area contributed by atoms with Gasteiger partial charge in [0.05, 0.1) is 17.6 Å². The van der Waals surface area contributed by atoms with Gasteiger partial charge in [-0.1, -0.05) is 12.2 Å². The third-order valence-electron chi connectivity index (χ3n) is 6.05. The van der Waals surface area contributed by atoms with Crippen molar-refractivity contribution in [3.8, 4) is 11.5 Å². The summed E-state index contributed by atoms with van der Waals surface area (Å²) in [5, 5.41) is 21.1. The minimum atomic E-state index is -2.35. The fourth-order valence-corrected chi connectivity index (χ4v) is 4.86. The van der Waals surface area contributed by atoms with E-state index in [9.17, 15) is 10.2 Å². The molecule has 4 unspecified atom stereocenters. The molecule has 0 radical (unpaired) electrons. The third kappa shape index (κ3) is 1.93. The maximum Gasteiger partial charge on any atom is 0.307 e. The number of methoxy groups -OCH3 is 1. The van der Waals surface area contributed by atoms with Crippen molar-refractivity contribution in [1.82, 2.24) is 4.90 Å². The Morgan fingerprint density at radius 2 is 1.92 bits per heavy atom. The molecular formula is C18H21NO6. The van der Waals surface area contributed by atoms with Crippen molar-refractivity contribution in [2.45, 2.75) is 36.1 Å². The first-order valence-electron chi connectivity index (χ1n) is 8.45. The summed E-state index contributed by atoms with van der Waals surface area (Å²) in [5.41, 5.74) is 0.654. The molecule has 5 rings (SSSR count). The molecule has 25 heavy (non-hydrogen) atoms. The van der Waals surface area contributed by atoms with E-state index in [4.69, 9.17) is 18.9 Å². The Bertz CT molecular complexity index is 762. The zero-order valence-electron chi connectivity index (χ0n) is 14.1. The lowest BCUT2D eigenvalue weighted by Crippen LogP contribution is -2.56. The van der Waals surface area contributed by atoms with Gasteiger partial charge in [0.25, 0.3) is 0 Å². The normalized spacial score (nSPS) is 37.5. The lowest BCUT2D eigenvalue weighted by Gasteiger charge is -2.48. The molecule has 1 aromatic rings. The van der Waals surface area contributed by atoms with E-state index >= 15 is 0 Å². The van der Waals surface area contributed by atoms with E-state index in [0.29, 0.717) is 23.6 Å². The van der Waals surface area contributed by atoms with Gasteiger partial charge < -0.3 is 29.2 Å². The summed E-state index contributed by atoms with van der Waals surface area (Å²) in [7, 11) is 3.73. The highest BCUT2D eigenvalue weighted by Gasteiger charge is 2.62. The average Bonchev–Trinajstić information content (AvgIpc) is 3.15.